The lowest BCUT2D eigenvalue weighted by atomic mass is 10.1. The fourth-order valence-electron chi connectivity index (χ4n) is 2.85. The van der Waals surface area contributed by atoms with Gasteiger partial charge in [0, 0.05) is 4.91 Å². The van der Waals surface area contributed by atoms with Crippen LogP contribution in [0, 0.1) is 0 Å². The van der Waals surface area contributed by atoms with E-state index in [4.69, 9.17) is 15.0 Å². The summed E-state index contributed by atoms with van der Waals surface area (Å²) in [6, 6.07) is 16.6. The number of hydrogen-bond acceptors (Lipinski definition) is 7. The number of thiol groups is 1. The first-order chi connectivity index (χ1) is 15.0. The van der Waals surface area contributed by atoms with Crippen molar-refractivity contribution in [2.24, 2.45) is 5.11 Å². The highest BCUT2D eigenvalue weighted by Gasteiger charge is 2.51. The van der Waals surface area contributed by atoms with Gasteiger partial charge in [0.05, 0.1) is 0 Å². The Morgan fingerprint density at radius 1 is 1.16 bits per heavy atom. The molecule has 2 aromatic rings. The van der Waals surface area contributed by atoms with Crippen molar-refractivity contribution in [3.05, 3.63) is 76.7 Å². The second-order valence-corrected chi connectivity index (χ2v) is 7.01. The van der Waals surface area contributed by atoms with E-state index in [-0.39, 0.29) is 13.2 Å². The molecular formula is C20H19N5O5S. The Balaban J connectivity index is 1.55. The third kappa shape index (κ3) is 5.47. The van der Waals surface area contributed by atoms with E-state index < -0.39 is 35.4 Å². The molecule has 1 aliphatic heterocycles. The number of rotatable bonds is 9. The summed E-state index contributed by atoms with van der Waals surface area (Å²) in [7, 11) is 0. The van der Waals surface area contributed by atoms with Crippen LogP contribution in [-0.4, -0.2) is 46.9 Å². The number of likely N-dealkylation sites (tertiary alicyclic amines) is 1. The van der Waals surface area contributed by atoms with Crippen LogP contribution in [0.3, 0.4) is 0 Å². The number of ether oxygens (including phenoxy) is 2. The molecule has 0 aliphatic carbocycles. The summed E-state index contributed by atoms with van der Waals surface area (Å²) in [5.74, 6) is -1.55. The fourth-order valence-corrected chi connectivity index (χ4v) is 3.29. The van der Waals surface area contributed by atoms with E-state index in [9.17, 15) is 14.4 Å². The maximum absolute atomic E-state index is 12.5. The molecule has 1 aliphatic rings. The molecule has 11 heteroatoms. The van der Waals surface area contributed by atoms with E-state index in [2.05, 4.69) is 28.0 Å². The molecule has 0 radical (unpaired) electrons. The second-order valence-electron chi connectivity index (χ2n) is 6.48. The van der Waals surface area contributed by atoms with Crippen molar-refractivity contribution in [1.29, 1.82) is 0 Å². The zero-order chi connectivity index (χ0) is 22.2. The highest BCUT2D eigenvalue weighted by molar-refractivity contribution is 7.81. The molecule has 10 nitrogen and oxygen atoms in total. The zero-order valence-corrected chi connectivity index (χ0v) is 17.1. The van der Waals surface area contributed by atoms with E-state index in [1.807, 2.05) is 12.1 Å². The lowest BCUT2D eigenvalue weighted by Gasteiger charge is -2.46. The Hall–Kier alpha value is -3.69. The largest absolute Gasteiger partial charge is 0.484 e. The number of benzene rings is 2. The van der Waals surface area contributed by atoms with Gasteiger partial charge in [-0.15, -0.1) is 0 Å². The molecule has 3 rings (SSSR count). The summed E-state index contributed by atoms with van der Waals surface area (Å²) in [5, 5.41) is 4.98. The number of β-lactam (4-membered cyclic amide) rings is 1. The minimum absolute atomic E-state index is 0.0482. The number of para-hydroxylation sites is 1. The molecular weight excluding hydrogens is 422 g/mol. The van der Waals surface area contributed by atoms with Crippen molar-refractivity contribution in [1.82, 2.24) is 10.2 Å². The number of esters is 1. The maximum atomic E-state index is 12.5. The summed E-state index contributed by atoms with van der Waals surface area (Å²) >= 11 is 4.27. The third-order valence-corrected chi connectivity index (χ3v) is 4.94. The number of hydrogen-bond donors (Lipinski definition) is 2. The van der Waals surface area contributed by atoms with Crippen LogP contribution in [0.2, 0.25) is 0 Å². The predicted octanol–water partition coefficient (Wildman–Crippen LogP) is 2.03. The van der Waals surface area contributed by atoms with Crippen molar-refractivity contribution in [3.8, 4) is 5.75 Å². The van der Waals surface area contributed by atoms with Gasteiger partial charge in [-0.25, -0.2) is 4.79 Å². The Morgan fingerprint density at radius 3 is 2.42 bits per heavy atom. The van der Waals surface area contributed by atoms with Crippen molar-refractivity contribution < 1.29 is 23.9 Å². The van der Waals surface area contributed by atoms with E-state index in [1.165, 1.54) is 0 Å². The summed E-state index contributed by atoms with van der Waals surface area (Å²) in [5.41, 5.74) is 9.54. The minimum atomic E-state index is -1.53. The summed E-state index contributed by atoms with van der Waals surface area (Å²) in [6.45, 7) is -0.347. The Morgan fingerprint density at radius 2 is 1.81 bits per heavy atom. The average molecular weight is 441 g/mol. The first-order valence-electron chi connectivity index (χ1n) is 9.23. The summed E-state index contributed by atoms with van der Waals surface area (Å²) in [4.78, 5) is 40.6. The molecule has 2 amide bonds. The molecule has 1 heterocycles. The highest BCUT2D eigenvalue weighted by atomic mass is 32.1. The Kier molecular flexibility index (Phi) is 7.36. The monoisotopic (exact) mass is 441 g/mol. The van der Waals surface area contributed by atoms with Crippen LogP contribution in [0.5, 0.6) is 5.75 Å². The van der Waals surface area contributed by atoms with E-state index in [0.29, 0.717) is 5.75 Å². The van der Waals surface area contributed by atoms with Crippen LogP contribution >= 0.6 is 12.6 Å². The lowest BCUT2D eigenvalue weighted by molar-refractivity contribution is -0.165. The van der Waals surface area contributed by atoms with E-state index >= 15 is 0 Å². The number of amides is 2. The number of azide groups is 1. The third-order valence-electron chi connectivity index (χ3n) is 4.39. The highest BCUT2D eigenvalue weighted by Crippen LogP contribution is 2.27. The van der Waals surface area contributed by atoms with E-state index in [1.54, 1.807) is 48.5 Å². The van der Waals surface area contributed by atoms with Gasteiger partial charge in [-0.2, -0.15) is 12.6 Å². The van der Waals surface area contributed by atoms with Crippen LogP contribution in [0.4, 0.5) is 0 Å². The SMILES string of the molecule is [N-]=[N+]=NC(C(=O)OCc1ccccc1)N1C(=O)C(NC(=O)COc2ccccc2)C1S. The summed E-state index contributed by atoms with van der Waals surface area (Å²) in [6.07, 6.45) is -1.53. The summed E-state index contributed by atoms with van der Waals surface area (Å²) < 4.78 is 10.5. The molecule has 0 bridgehead atoms. The molecule has 1 saturated heterocycles. The number of carbonyl (C=O) groups excluding carboxylic acids is 3. The normalized spacial score (nSPS) is 18.2. The molecule has 0 spiro atoms. The van der Waals surface area contributed by atoms with Gasteiger partial charge in [-0.05, 0) is 23.2 Å². The van der Waals surface area contributed by atoms with Gasteiger partial charge in [-0.1, -0.05) is 53.6 Å². The molecule has 1 fully saturated rings. The number of nitrogens with zero attached hydrogens (tertiary/aromatic N) is 4. The second kappa shape index (κ2) is 10.4. The van der Waals surface area contributed by atoms with Gasteiger partial charge in [0.1, 0.15) is 23.8 Å². The van der Waals surface area contributed by atoms with Gasteiger partial charge in [0.25, 0.3) is 5.91 Å². The Bertz CT molecular complexity index is 984. The molecule has 31 heavy (non-hydrogen) atoms. The van der Waals surface area contributed by atoms with Crippen molar-refractivity contribution >= 4 is 30.4 Å². The van der Waals surface area contributed by atoms with Crippen LogP contribution in [-0.2, 0) is 25.7 Å². The topological polar surface area (TPSA) is 134 Å². The quantitative estimate of drug-likeness (QED) is 0.153. The molecule has 3 atom stereocenters. The molecule has 0 saturated carbocycles. The molecule has 0 aromatic heterocycles. The van der Waals surface area contributed by atoms with Gasteiger partial charge in [-0.3, -0.25) is 9.59 Å². The first-order valence-corrected chi connectivity index (χ1v) is 9.75. The van der Waals surface area contributed by atoms with Gasteiger partial charge in [0.15, 0.2) is 6.61 Å². The molecule has 3 unspecified atom stereocenters. The van der Waals surface area contributed by atoms with Crippen molar-refractivity contribution in [3.63, 3.8) is 0 Å². The zero-order valence-electron chi connectivity index (χ0n) is 16.2. The van der Waals surface area contributed by atoms with Gasteiger partial charge < -0.3 is 19.7 Å². The lowest BCUT2D eigenvalue weighted by Crippen LogP contribution is -2.72. The van der Waals surface area contributed by atoms with Crippen molar-refractivity contribution in [2.75, 3.05) is 6.61 Å². The van der Waals surface area contributed by atoms with Crippen LogP contribution in [0.1, 0.15) is 5.56 Å². The smallest absolute Gasteiger partial charge is 0.335 e. The van der Waals surface area contributed by atoms with Crippen LogP contribution in [0.15, 0.2) is 65.8 Å². The number of nitrogens with one attached hydrogen (secondary N) is 1. The van der Waals surface area contributed by atoms with Crippen molar-refractivity contribution in [2.45, 2.75) is 24.2 Å². The van der Waals surface area contributed by atoms with Crippen LogP contribution < -0.4 is 10.1 Å². The molecule has 2 aromatic carbocycles. The molecule has 1 N–H and O–H groups in total. The molecule has 160 valence electrons. The Labute approximate surface area is 183 Å². The minimum Gasteiger partial charge on any atom is -0.484 e. The maximum Gasteiger partial charge on any atom is 0.335 e. The van der Waals surface area contributed by atoms with Crippen LogP contribution in [0.25, 0.3) is 10.4 Å². The standard InChI is InChI=1S/C20H19N5O5S/c21-24-23-17(20(28)30-11-13-7-3-1-4-8-13)25-18(27)16(19(25)31)22-15(26)12-29-14-9-5-2-6-10-14/h1-10,16-17,19,31H,11-12H2,(H,22,26). The fraction of sp³-hybridized carbons (Fsp3) is 0.250. The van der Waals surface area contributed by atoms with Gasteiger partial charge in [0.2, 0.25) is 12.1 Å². The van der Waals surface area contributed by atoms with E-state index in [0.717, 1.165) is 10.5 Å². The first kappa shape index (κ1) is 22.0. The predicted molar refractivity (Wildman–Crippen MR) is 113 cm³/mol. The number of carbonyl (C=O) groups is 3. The average Bonchev–Trinajstić information content (AvgIpc) is 2.80. The van der Waals surface area contributed by atoms with Gasteiger partial charge >= 0.3 is 5.97 Å².